The van der Waals surface area contributed by atoms with Crippen LogP contribution in [0.25, 0.3) is 0 Å². The first-order chi connectivity index (χ1) is 6.29. The summed E-state index contributed by atoms with van der Waals surface area (Å²) in [5.74, 6) is 1.52. The smallest absolute Gasteiger partial charge is 0.222 e. The summed E-state index contributed by atoms with van der Waals surface area (Å²) in [7, 11) is 0. The molecular weight excluding hydrogens is 164 g/mol. The van der Waals surface area contributed by atoms with Gasteiger partial charge in [0.2, 0.25) is 5.95 Å². The predicted molar refractivity (Wildman–Crippen MR) is 51.3 cm³/mol. The normalized spacial score (nSPS) is 19.2. The van der Waals surface area contributed by atoms with Crippen molar-refractivity contribution in [3.05, 3.63) is 5.82 Å². The SMILES string of the molecule is Cc1nnc(N)n1C1CCCCC1. The van der Waals surface area contributed by atoms with Crippen LogP contribution in [0.3, 0.4) is 0 Å². The molecule has 0 aliphatic heterocycles. The second-order valence-corrected chi connectivity index (χ2v) is 3.77. The summed E-state index contributed by atoms with van der Waals surface area (Å²) in [6.45, 7) is 1.97. The second kappa shape index (κ2) is 3.36. The van der Waals surface area contributed by atoms with Crippen LogP contribution in [0.1, 0.15) is 44.0 Å². The van der Waals surface area contributed by atoms with Crippen molar-refractivity contribution in [2.75, 3.05) is 5.73 Å². The molecule has 0 unspecified atom stereocenters. The van der Waals surface area contributed by atoms with E-state index in [2.05, 4.69) is 14.8 Å². The van der Waals surface area contributed by atoms with Crippen molar-refractivity contribution >= 4 is 5.95 Å². The highest BCUT2D eigenvalue weighted by Crippen LogP contribution is 2.30. The molecule has 0 amide bonds. The highest BCUT2D eigenvalue weighted by Gasteiger charge is 2.19. The number of nitrogens with two attached hydrogens (primary N) is 1. The van der Waals surface area contributed by atoms with Crippen molar-refractivity contribution in [3.8, 4) is 0 Å². The molecule has 1 aliphatic rings. The van der Waals surface area contributed by atoms with E-state index in [0.29, 0.717) is 12.0 Å². The quantitative estimate of drug-likeness (QED) is 0.715. The first-order valence-electron chi connectivity index (χ1n) is 4.96. The molecule has 1 saturated carbocycles. The maximum absolute atomic E-state index is 5.76. The van der Waals surface area contributed by atoms with Crippen LogP contribution < -0.4 is 5.73 Å². The third-order valence-electron chi connectivity index (χ3n) is 2.83. The molecule has 0 atom stereocenters. The summed E-state index contributed by atoms with van der Waals surface area (Å²) >= 11 is 0. The van der Waals surface area contributed by atoms with Crippen molar-refractivity contribution in [1.29, 1.82) is 0 Å². The van der Waals surface area contributed by atoms with Crippen molar-refractivity contribution in [3.63, 3.8) is 0 Å². The predicted octanol–water partition coefficient (Wildman–Crippen LogP) is 1.67. The van der Waals surface area contributed by atoms with Gasteiger partial charge < -0.3 is 5.73 Å². The van der Waals surface area contributed by atoms with Crippen LogP contribution in [0.4, 0.5) is 5.95 Å². The first kappa shape index (κ1) is 8.53. The molecule has 0 spiro atoms. The Morgan fingerprint density at radius 3 is 2.46 bits per heavy atom. The van der Waals surface area contributed by atoms with Crippen LogP contribution in [0.5, 0.6) is 0 Å². The van der Waals surface area contributed by atoms with Gasteiger partial charge in [0, 0.05) is 6.04 Å². The van der Waals surface area contributed by atoms with Gasteiger partial charge >= 0.3 is 0 Å². The van der Waals surface area contributed by atoms with E-state index in [1.807, 2.05) is 6.92 Å². The summed E-state index contributed by atoms with van der Waals surface area (Å²) in [6, 6.07) is 0.545. The fourth-order valence-electron chi connectivity index (χ4n) is 2.18. The number of hydrogen-bond donors (Lipinski definition) is 1. The fourth-order valence-corrected chi connectivity index (χ4v) is 2.18. The highest BCUT2D eigenvalue weighted by atomic mass is 15.3. The van der Waals surface area contributed by atoms with Crippen molar-refractivity contribution < 1.29 is 0 Å². The van der Waals surface area contributed by atoms with Crippen LogP contribution in [0, 0.1) is 6.92 Å². The number of hydrogen-bond acceptors (Lipinski definition) is 3. The summed E-state index contributed by atoms with van der Waals surface area (Å²) < 4.78 is 2.08. The maximum Gasteiger partial charge on any atom is 0.222 e. The molecule has 1 aromatic heterocycles. The number of anilines is 1. The van der Waals surface area contributed by atoms with E-state index in [1.165, 1.54) is 32.1 Å². The van der Waals surface area contributed by atoms with Crippen LogP contribution in [-0.2, 0) is 0 Å². The lowest BCUT2D eigenvalue weighted by Crippen LogP contribution is -2.16. The largest absolute Gasteiger partial charge is 0.368 e. The van der Waals surface area contributed by atoms with Crippen LogP contribution in [-0.4, -0.2) is 14.8 Å². The Balaban J connectivity index is 2.22. The van der Waals surface area contributed by atoms with E-state index in [-0.39, 0.29) is 0 Å². The minimum Gasteiger partial charge on any atom is -0.368 e. The third-order valence-corrected chi connectivity index (χ3v) is 2.83. The van der Waals surface area contributed by atoms with Gasteiger partial charge in [0.1, 0.15) is 5.82 Å². The summed E-state index contributed by atoms with van der Waals surface area (Å²) in [6.07, 6.45) is 6.42. The average molecular weight is 180 g/mol. The van der Waals surface area contributed by atoms with Gasteiger partial charge in [-0.1, -0.05) is 19.3 Å². The Kier molecular flexibility index (Phi) is 2.20. The molecular formula is C9H16N4. The monoisotopic (exact) mass is 180 g/mol. The Bertz CT molecular complexity index is 266. The van der Waals surface area contributed by atoms with E-state index in [0.717, 1.165) is 5.82 Å². The van der Waals surface area contributed by atoms with Gasteiger partial charge in [0.25, 0.3) is 0 Å². The molecule has 2 N–H and O–H groups in total. The Labute approximate surface area is 78.1 Å². The fraction of sp³-hybridized carbons (Fsp3) is 0.778. The van der Waals surface area contributed by atoms with Gasteiger partial charge in [0.15, 0.2) is 0 Å². The number of rotatable bonds is 1. The van der Waals surface area contributed by atoms with Crippen LogP contribution >= 0.6 is 0 Å². The number of aromatic nitrogens is 3. The molecule has 0 saturated heterocycles. The molecule has 4 heteroatoms. The molecule has 13 heavy (non-hydrogen) atoms. The van der Waals surface area contributed by atoms with E-state index in [1.54, 1.807) is 0 Å². The molecule has 1 aromatic rings. The lowest BCUT2D eigenvalue weighted by atomic mass is 9.95. The van der Waals surface area contributed by atoms with E-state index in [4.69, 9.17) is 5.73 Å². The molecule has 4 nitrogen and oxygen atoms in total. The molecule has 0 radical (unpaired) electrons. The van der Waals surface area contributed by atoms with Crippen molar-refractivity contribution in [1.82, 2.24) is 14.8 Å². The van der Waals surface area contributed by atoms with E-state index in [9.17, 15) is 0 Å². The molecule has 2 rings (SSSR count). The third kappa shape index (κ3) is 1.53. The van der Waals surface area contributed by atoms with Gasteiger partial charge in [-0.15, -0.1) is 10.2 Å². The number of aryl methyl sites for hydroxylation is 1. The van der Waals surface area contributed by atoms with Crippen LogP contribution in [0.15, 0.2) is 0 Å². The zero-order chi connectivity index (χ0) is 9.26. The lowest BCUT2D eigenvalue weighted by molar-refractivity contribution is 0.351. The topological polar surface area (TPSA) is 56.7 Å². The van der Waals surface area contributed by atoms with Gasteiger partial charge in [-0.05, 0) is 19.8 Å². The maximum atomic E-state index is 5.76. The molecule has 72 valence electrons. The molecule has 1 aliphatic carbocycles. The van der Waals surface area contributed by atoms with Gasteiger partial charge in [-0.25, -0.2) is 0 Å². The Morgan fingerprint density at radius 2 is 1.92 bits per heavy atom. The summed E-state index contributed by atoms with van der Waals surface area (Å²) in [5, 5.41) is 7.86. The van der Waals surface area contributed by atoms with Crippen molar-refractivity contribution in [2.24, 2.45) is 0 Å². The summed E-state index contributed by atoms with van der Waals surface area (Å²) in [4.78, 5) is 0. The Morgan fingerprint density at radius 1 is 1.23 bits per heavy atom. The second-order valence-electron chi connectivity index (χ2n) is 3.77. The molecule has 0 aromatic carbocycles. The van der Waals surface area contributed by atoms with Crippen molar-refractivity contribution in [2.45, 2.75) is 45.1 Å². The lowest BCUT2D eigenvalue weighted by Gasteiger charge is -2.24. The van der Waals surface area contributed by atoms with Gasteiger partial charge in [-0.3, -0.25) is 4.57 Å². The standard InChI is InChI=1S/C9H16N4/c1-7-11-12-9(10)13(7)8-5-3-2-4-6-8/h8H,2-6H2,1H3,(H2,10,12). The first-order valence-corrected chi connectivity index (χ1v) is 4.96. The zero-order valence-electron chi connectivity index (χ0n) is 8.03. The highest BCUT2D eigenvalue weighted by molar-refractivity contribution is 5.18. The van der Waals surface area contributed by atoms with E-state index < -0.39 is 0 Å². The van der Waals surface area contributed by atoms with Crippen LogP contribution in [0.2, 0.25) is 0 Å². The summed E-state index contributed by atoms with van der Waals surface area (Å²) in [5.41, 5.74) is 5.76. The van der Waals surface area contributed by atoms with E-state index >= 15 is 0 Å². The minimum absolute atomic E-state index is 0.545. The molecule has 1 heterocycles. The molecule has 0 bridgehead atoms. The number of nitrogens with zero attached hydrogens (tertiary/aromatic N) is 3. The van der Waals surface area contributed by atoms with Gasteiger partial charge in [0.05, 0.1) is 0 Å². The van der Waals surface area contributed by atoms with Gasteiger partial charge in [-0.2, -0.15) is 0 Å². The zero-order valence-corrected chi connectivity index (χ0v) is 8.03. The molecule has 1 fully saturated rings. The average Bonchev–Trinajstić information content (AvgIpc) is 2.48. The number of nitrogen functional groups attached to an aromatic ring is 1. The Hall–Kier alpha value is -1.06. The minimum atomic E-state index is 0.545.